The van der Waals surface area contributed by atoms with Crippen LogP contribution >= 0.6 is 0 Å². The molecule has 1 N–H and O–H groups in total. The normalized spacial score (nSPS) is 11.3. The maximum absolute atomic E-state index is 5.37. The molecule has 1 rings (SSSR count). The smallest absolute Gasteiger partial charge is 0.165 e. The average molecular weight is 223 g/mol. The lowest BCUT2D eigenvalue weighted by molar-refractivity contribution is 0.347. The van der Waals surface area contributed by atoms with Crippen molar-refractivity contribution in [1.29, 1.82) is 0 Å². The van der Waals surface area contributed by atoms with E-state index in [4.69, 9.17) is 9.47 Å². The van der Waals surface area contributed by atoms with Gasteiger partial charge in [-0.3, -0.25) is 0 Å². The fourth-order valence-corrected chi connectivity index (χ4v) is 1.45. The van der Waals surface area contributed by atoms with Gasteiger partial charge in [0.25, 0.3) is 0 Å². The molecule has 0 aliphatic heterocycles. The van der Waals surface area contributed by atoms with Crippen molar-refractivity contribution in [3.05, 3.63) is 23.8 Å². The van der Waals surface area contributed by atoms with Gasteiger partial charge in [0.1, 0.15) is 0 Å². The van der Waals surface area contributed by atoms with E-state index < -0.39 is 0 Å². The Bertz CT molecular complexity index is 342. The number of hydrogen-bond acceptors (Lipinski definition) is 3. The molecule has 0 aromatic heterocycles. The summed E-state index contributed by atoms with van der Waals surface area (Å²) in [5.41, 5.74) is 1.20. The van der Waals surface area contributed by atoms with Crippen molar-refractivity contribution >= 4 is 0 Å². The highest BCUT2D eigenvalue weighted by Gasteiger charge is 2.13. The summed E-state index contributed by atoms with van der Waals surface area (Å²) in [7, 11) is 3.32. The number of hydrogen-bond donors (Lipinski definition) is 1. The Balaban J connectivity index is 2.87. The van der Waals surface area contributed by atoms with Crippen molar-refractivity contribution < 1.29 is 9.47 Å². The molecule has 0 radical (unpaired) electrons. The van der Waals surface area contributed by atoms with Crippen LogP contribution in [0.2, 0.25) is 0 Å². The molecule has 16 heavy (non-hydrogen) atoms. The fraction of sp³-hybridized carbons (Fsp3) is 0.538. The third kappa shape index (κ3) is 3.42. The van der Waals surface area contributed by atoms with Gasteiger partial charge in [-0.2, -0.15) is 0 Å². The Hall–Kier alpha value is -1.22. The largest absolute Gasteiger partial charge is 0.493 e. The summed E-state index contributed by atoms with van der Waals surface area (Å²) in [6.45, 7) is 7.18. The average Bonchev–Trinajstić information content (AvgIpc) is 2.24. The zero-order valence-electron chi connectivity index (χ0n) is 10.8. The van der Waals surface area contributed by atoms with Crippen LogP contribution in [0, 0.1) is 0 Å². The van der Waals surface area contributed by atoms with E-state index in [2.05, 4.69) is 26.1 Å². The second-order valence-electron chi connectivity index (χ2n) is 4.76. The molecule has 3 nitrogen and oxygen atoms in total. The first-order chi connectivity index (χ1) is 7.48. The predicted octanol–water partition coefficient (Wildman–Crippen LogP) is 2.59. The van der Waals surface area contributed by atoms with E-state index in [1.54, 1.807) is 14.2 Å². The first-order valence-electron chi connectivity index (χ1n) is 5.43. The molecule has 0 heterocycles. The van der Waals surface area contributed by atoms with E-state index in [1.807, 2.05) is 18.2 Å². The van der Waals surface area contributed by atoms with Crippen molar-refractivity contribution in [2.45, 2.75) is 32.9 Å². The lowest BCUT2D eigenvalue weighted by Gasteiger charge is -2.21. The van der Waals surface area contributed by atoms with E-state index in [1.165, 1.54) is 0 Å². The second kappa shape index (κ2) is 5.21. The van der Waals surface area contributed by atoms with Gasteiger partial charge < -0.3 is 14.8 Å². The summed E-state index contributed by atoms with van der Waals surface area (Å²) in [6, 6.07) is 5.92. The molecule has 3 heteroatoms. The van der Waals surface area contributed by atoms with E-state index in [-0.39, 0.29) is 5.54 Å². The van der Waals surface area contributed by atoms with Crippen LogP contribution in [0.3, 0.4) is 0 Å². The second-order valence-corrected chi connectivity index (χ2v) is 4.76. The number of rotatable bonds is 4. The SMILES string of the molecule is COc1cccc(CNC(C)(C)C)c1OC. The summed E-state index contributed by atoms with van der Waals surface area (Å²) < 4.78 is 10.6. The lowest BCUT2D eigenvalue weighted by Crippen LogP contribution is -2.35. The monoisotopic (exact) mass is 223 g/mol. The zero-order chi connectivity index (χ0) is 12.2. The molecule has 90 valence electrons. The van der Waals surface area contributed by atoms with Crippen molar-refractivity contribution in [2.75, 3.05) is 14.2 Å². The zero-order valence-corrected chi connectivity index (χ0v) is 10.8. The maximum atomic E-state index is 5.37. The first kappa shape index (κ1) is 12.8. The molecule has 0 atom stereocenters. The van der Waals surface area contributed by atoms with Gasteiger partial charge in [0.15, 0.2) is 11.5 Å². The van der Waals surface area contributed by atoms with Crippen molar-refractivity contribution in [1.82, 2.24) is 5.32 Å². The molecule has 0 saturated heterocycles. The van der Waals surface area contributed by atoms with Crippen LogP contribution in [-0.2, 0) is 6.54 Å². The standard InChI is InChI=1S/C13H21NO2/c1-13(2,3)14-9-10-7-6-8-11(15-4)12(10)16-5/h6-8,14H,9H2,1-5H3. The molecule has 0 spiro atoms. The highest BCUT2D eigenvalue weighted by molar-refractivity contribution is 5.46. The number of nitrogens with one attached hydrogen (secondary N) is 1. The number of benzene rings is 1. The summed E-state index contributed by atoms with van der Waals surface area (Å²) in [6.07, 6.45) is 0. The third-order valence-corrected chi connectivity index (χ3v) is 2.29. The van der Waals surface area contributed by atoms with E-state index >= 15 is 0 Å². The van der Waals surface area contributed by atoms with Gasteiger partial charge >= 0.3 is 0 Å². The Labute approximate surface area is 97.8 Å². The van der Waals surface area contributed by atoms with Gasteiger partial charge in [0.2, 0.25) is 0 Å². The van der Waals surface area contributed by atoms with Crippen molar-refractivity contribution in [3.8, 4) is 11.5 Å². The molecule has 0 bridgehead atoms. The Morgan fingerprint density at radius 1 is 1.12 bits per heavy atom. The number of para-hydroxylation sites is 1. The minimum absolute atomic E-state index is 0.0914. The highest BCUT2D eigenvalue weighted by atomic mass is 16.5. The molecule has 1 aromatic carbocycles. The van der Waals surface area contributed by atoms with Crippen LogP contribution in [0.5, 0.6) is 11.5 Å². The summed E-state index contributed by atoms with van der Waals surface area (Å²) in [5, 5.41) is 3.43. The van der Waals surface area contributed by atoms with Crippen LogP contribution in [0.1, 0.15) is 26.3 Å². The third-order valence-electron chi connectivity index (χ3n) is 2.29. The minimum atomic E-state index is 0.0914. The Kier molecular flexibility index (Phi) is 4.19. The van der Waals surface area contributed by atoms with Crippen LogP contribution in [0.25, 0.3) is 0 Å². The molecular formula is C13H21NO2. The molecule has 0 saturated carbocycles. The predicted molar refractivity (Wildman–Crippen MR) is 66.1 cm³/mol. The Morgan fingerprint density at radius 2 is 1.81 bits per heavy atom. The van der Waals surface area contributed by atoms with Gasteiger partial charge in [-0.15, -0.1) is 0 Å². The maximum Gasteiger partial charge on any atom is 0.165 e. The summed E-state index contributed by atoms with van der Waals surface area (Å²) in [4.78, 5) is 0. The summed E-state index contributed by atoms with van der Waals surface area (Å²) in [5.74, 6) is 1.58. The van der Waals surface area contributed by atoms with Crippen LogP contribution in [-0.4, -0.2) is 19.8 Å². The quantitative estimate of drug-likeness (QED) is 0.851. The first-order valence-corrected chi connectivity index (χ1v) is 5.43. The van der Waals surface area contributed by atoms with Crippen molar-refractivity contribution in [3.63, 3.8) is 0 Å². The molecule has 0 aliphatic rings. The molecule has 0 aliphatic carbocycles. The molecule has 0 fully saturated rings. The van der Waals surface area contributed by atoms with Gasteiger partial charge in [-0.05, 0) is 26.8 Å². The number of methoxy groups -OCH3 is 2. The van der Waals surface area contributed by atoms with E-state index in [0.29, 0.717) is 0 Å². The topological polar surface area (TPSA) is 30.5 Å². The van der Waals surface area contributed by atoms with Gasteiger partial charge in [0.05, 0.1) is 14.2 Å². The van der Waals surface area contributed by atoms with E-state index in [9.17, 15) is 0 Å². The minimum Gasteiger partial charge on any atom is -0.493 e. The Morgan fingerprint density at radius 3 is 2.31 bits per heavy atom. The fourth-order valence-electron chi connectivity index (χ4n) is 1.45. The van der Waals surface area contributed by atoms with Crippen molar-refractivity contribution in [2.24, 2.45) is 0 Å². The van der Waals surface area contributed by atoms with Crippen LogP contribution < -0.4 is 14.8 Å². The molecule has 0 unspecified atom stereocenters. The van der Waals surface area contributed by atoms with Gasteiger partial charge in [0, 0.05) is 17.6 Å². The van der Waals surface area contributed by atoms with Gasteiger partial charge in [-0.25, -0.2) is 0 Å². The van der Waals surface area contributed by atoms with E-state index in [0.717, 1.165) is 23.6 Å². The lowest BCUT2D eigenvalue weighted by atomic mass is 10.1. The molecular weight excluding hydrogens is 202 g/mol. The molecule has 0 amide bonds. The molecule has 1 aromatic rings. The van der Waals surface area contributed by atoms with Crippen LogP contribution in [0.4, 0.5) is 0 Å². The highest BCUT2D eigenvalue weighted by Crippen LogP contribution is 2.30. The number of ether oxygens (including phenoxy) is 2. The van der Waals surface area contributed by atoms with Crippen LogP contribution in [0.15, 0.2) is 18.2 Å². The van der Waals surface area contributed by atoms with Gasteiger partial charge in [-0.1, -0.05) is 12.1 Å². The summed E-state index contributed by atoms with van der Waals surface area (Å²) >= 11 is 0.